The van der Waals surface area contributed by atoms with Crippen LogP contribution in [0.2, 0.25) is 0 Å². The van der Waals surface area contributed by atoms with E-state index in [-0.39, 0.29) is 23.3 Å². The number of piperazine rings is 1. The van der Waals surface area contributed by atoms with Crippen molar-refractivity contribution in [3.63, 3.8) is 0 Å². The number of furan rings is 1. The summed E-state index contributed by atoms with van der Waals surface area (Å²) in [4.78, 5) is 39.3. The van der Waals surface area contributed by atoms with E-state index in [0.717, 1.165) is 0 Å². The molecule has 0 bridgehead atoms. The van der Waals surface area contributed by atoms with Gasteiger partial charge in [0.05, 0.1) is 6.26 Å². The smallest absolute Gasteiger partial charge is 0.328 e. The summed E-state index contributed by atoms with van der Waals surface area (Å²) in [5, 5.41) is 13.1. The van der Waals surface area contributed by atoms with Gasteiger partial charge in [0.2, 0.25) is 0 Å². The van der Waals surface area contributed by atoms with E-state index in [1.807, 2.05) is 0 Å². The van der Waals surface area contributed by atoms with Gasteiger partial charge >= 0.3 is 5.97 Å². The van der Waals surface area contributed by atoms with Crippen molar-refractivity contribution >= 4 is 17.8 Å². The lowest BCUT2D eigenvalue weighted by Crippen LogP contribution is -2.51. The van der Waals surface area contributed by atoms with E-state index in [0.29, 0.717) is 26.2 Å². The van der Waals surface area contributed by atoms with E-state index in [2.05, 4.69) is 5.10 Å². The molecule has 3 rings (SSSR count). The van der Waals surface area contributed by atoms with Crippen LogP contribution in [0.5, 0.6) is 0 Å². The highest BCUT2D eigenvalue weighted by Crippen LogP contribution is 2.15. The van der Waals surface area contributed by atoms with Gasteiger partial charge in [-0.25, -0.2) is 9.48 Å². The minimum absolute atomic E-state index is 0.207. The maximum atomic E-state index is 12.7. The molecule has 3 heterocycles. The summed E-state index contributed by atoms with van der Waals surface area (Å²) in [5.74, 6) is -1.29. The standard InChI is InChI=1S/C16H18N4O5/c1-11(16(23)24)20-12(4-5-17-20)14(21)18-6-8-19(9-7-18)15(22)13-3-2-10-25-13/h2-5,10-11H,6-9H2,1H3,(H,23,24). The zero-order valence-corrected chi connectivity index (χ0v) is 13.7. The summed E-state index contributed by atoms with van der Waals surface area (Å²) >= 11 is 0. The minimum atomic E-state index is -1.06. The molecule has 0 spiro atoms. The molecule has 1 aliphatic heterocycles. The highest BCUT2D eigenvalue weighted by molar-refractivity contribution is 5.94. The second kappa shape index (κ2) is 6.80. The highest BCUT2D eigenvalue weighted by Gasteiger charge is 2.29. The summed E-state index contributed by atoms with van der Waals surface area (Å²) in [6.07, 6.45) is 2.85. The van der Waals surface area contributed by atoms with Crippen molar-refractivity contribution in [2.24, 2.45) is 0 Å². The lowest BCUT2D eigenvalue weighted by Gasteiger charge is -2.34. The van der Waals surface area contributed by atoms with Crippen molar-refractivity contribution < 1.29 is 23.9 Å². The summed E-state index contributed by atoms with van der Waals surface area (Å²) in [6.45, 7) is 2.95. The van der Waals surface area contributed by atoms with E-state index >= 15 is 0 Å². The maximum Gasteiger partial charge on any atom is 0.328 e. The molecule has 1 N–H and O–H groups in total. The number of carbonyl (C=O) groups excluding carboxylic acids is 2. The van der Waals surface area contributed by atoms with Crippen LogP contribution in [0.1, 0.15) is 34.0 Å². The van der Waals surface area contributed by atoms with E-state index in [1.165, 1.54) is 30.1 Å². The maximum absolute atomic E-state index is 12.7. The Balaban J connectivity index is 1.65. The number of hydrogen-bond donors (Lipinski definition) is 1. The largest absolute Gasteiger partial charge is 0.480 e. The SMILES string of the molecule is CC(C(=O)O)n1nccc1C(=O)N1CCN(C(=O)c2ccco2)CC1. The van der Waals surface area contributed by atoms with Crippen molar-refractivity contribution in [1.29, 1.82) is 0 Å². The minimum Gasteiger partial charge on any atom is -0.480 e. The summed E-state index contributed by atoms with van der Waals surface area (Å²) < 4.78 is 6.31. The van der Waals surface area contributed by atoms with Crippen molar-refractivity contribution in [3.05, 3.63) is 42.1 Å². The molecule has 2 aromatic rings. The highest BCUT2D eigenvalue weighted by atomic mass is 16.4. The van der Waals surface area contributed by atoms with Crippen molar-refractivity contribution in [1.82, 2.24) is 19.6 Å². The van der Waals surface area contributed by atoms with Crippen LogP contribution in [-0.4, -0.2) is 68.6 Å². The van der Waals surface area contributed by atoms with Crippen LogP contribution < -0.4 is 0 Å². The topological polar surface area (TPSA) is 109 Å². The third-order valence-corrected chi connectivity index (χ3v) is 4.20. The number of amides is 2. The number of aliphatic carboxylic acids is 1. The van der Waals surface area contributed by atoms with Gasteiger partial charge in [-0.1, -0.05) is 0 Å². The van der Waals surface area contributed by atoms with Gasteiger partial charge in [-0.15, -0.1) is 0 Å². The molecular formula is C16H18N4O5. The molecular weight excluding hydrogens is 328 g/mol. The predicted octanol–water partition coefficient (Wildman–Crippen LogP) is 0.720. The number of aromatic nitrogens is 2. The van der Waals surface area contributed by atoms with Crippen LogP contribution in [0.3, 0.4) is 0 Å². The van der Waals surface area contributed by atoms with Crippen LogP contribution in [0.15, 0.2) is 35.1 Å². The fourth-order valence-electron chi connectivity index (χ4n) is 2.73. The molecule has 9 heteroatoms. The first-order valence-corrected chi connectivity index (χ1v) is 7.87. The second-order valence-corrected chi connectivity index (χ2v) is 5.74. The van der Waals surface area contributed by atoms with Crippen LogP contribution >= 0.6 is 0 Å². The lowest BCUT2D eigenvalue weighted by molar-refractivity contribution is -0.140. The zero-order valence-electron chi connectivity index (χ0n) is 13.7. The first-order chi connectivity index (χ1) is 12.0. The molecule has 2 amide bonds. The zero-order chi connectivity index (χ0) is 18.0. The quantitative estimate of drug-likeness (QED) is 0.874. The number of nitrogens with zero attached hydrogens (tertiary/aromatic N) is 4. The number of carbonyl (C=O) groups is 3. The molecule has 1 unspecified atom stereocenters. The molecule has 1 aliphatic rings. The summed E-state index contributed by atoms with van der Waals surface area (Å²) in [5.41, 5.74) is 0.223. The second-order valence-electron chi connectivity index (χ2n) is 5.74. The van der Waals surface area contributed by atoms with E-state index in [4.69, 9.17) is 9.52 Å². The lowest BCUT2D eigenvalue weighted by atomic mass is 10.2. The average molecular weight is 346 g/mol. The normalized spacial score (nSPS) is 15.9. The van der Waals surface area contributed by atoms with Crippen LogP contribution in [-0.2, 0) is 4.79 Å². The Morgan fingerprint density at radius 2 is 1.76 bits per heavy atom. The Morgan fingerprint density at radius 1 is 1.12 bits per heavy atom. The van der Waals surface area contributed by atoms with Gasteiger partial charge in [0.15, 0.2) is 5.76 Å². The van der Waals surface area contributed by atoms with Gasteiger partial charge in [-0.2, -0.15) is 5.10 Å². The molecule has 0 aliphatic carbocycles. The fraction of sp³-hybridized carbons (Fsp3) is 0.375. The molecule has 0 aromatic carbocycles. The Hall–Kier alpha value is -3.10. The first-order valence-electron chi connectivity index (χ1n) is 7.87. The molecule has 25 heavy (non-hydrogen) atoms. The van der Waals surface area contributed by atoms with Gasteiger partial charge in [0.25, 0.3) is 11.8 Å². The molecule has 0 saturated carbocycles. The molecule has 0 radical (unpaired) electrons. The molecule has 1 saturated heterocycles. The summed E-state index contributed by atoms with van der Waals surface area (Å²) in [7, 11) is 0. The average Bonchev–Trinajstić information content (AvgIpc) is 3.31. The Kier molecular flexibility index (Phi) is 4.55. The van der Waals surface area contributed by atoms with Gasteiger partial charge in [-0.05, 0) is 25.1 Å². The molecule has 2 aromatic heterocycles. The predicted molar refractivity (Wildman–Crippen MR) is 85.1 cm³/mol. The molecule has 9 nitrogen and oxygen atoms in total. The number of carboxylic acids is 1. The summed E-state index contributed by atoms with van der Waals surface area (Å²) in [6, 6.07) is 3.82. The molecule has 1 fully saturated rings. The third kappa shape index (κ3) is 3.25. The van der Waals surface area contributed by atoms with Gasteiger partial charge in [0, 0.05) is 32.4 Å². The molecule has 1 atom stereocenters. The van der Waals surface area contributed by atoms with E-state index in [9.17, 15) is 14.4 Å². The fourth-order valence-corrected chi connectivity index (χ4v) is 2.73. The molecule has 132 valence electrons. The Bertz CT molecular complexity index is 774. The number of carboxylic acid groups (broad SMARTS) is 1. The van der Waals surface area contributed by atoms with Gasteiger partial charge in [-0.3, -0.25) is 9.59 Å². The number of rotatable bonds is 4. The Morgan fingerprint density at radius 3 is 2.32 bits per heavy atom. The van der Waals surface area contributed by atoms with Crippen LogP contribution in [0.25, 0.3) is 0 Å². The van der Waals surface area contributed by atoms with Gasteiger partial charge in [0.1, 0.15) is 11.7 Å². The van der Waals surface area contributed by atoms with Crippen molar-refractivity contribution in [3.8, 4) is 0 Å². The first kappa shape index (κ1) is 16.7. The van der Waals surface area contributed by atoms with E-state index < -0.39 is 12.0 Å². The van der Waals surface area contributed by atoms with Crippen LogP contribution in [0, 0.1) is 0 Å². The van der Waals surface area contributed by atoms with Crippen LogP contribution in [0.4, 0.5) is 0 Å². The monoisotopic (exact) mass is 346 g/mol. The Labute approximate surface area is 143 Å². The van der Waals surface area contributed by atoms with E-state index in [1.54, 1.807) is 21.9 Å². The number of hydrogen-bond acceptors (Lipinski definition) is 5. The van der Waals surface area contributed by atoms with Crippen molar-refractivity contribution in [2.45, 2.75) is 13.0 Å². The van der Waals surface area contributed by atoms with Crippen molar-refractivity contribution in [2.75, 3.05) is 26.2 Å². The third-order valence-electron chi connectivity index (χ3n) is 4.20. The van der Waals surface area contributed by atoms with Gasteiger partial charge < -0.3 is 19.3 Å².